The predicted octanol–water partition coefficient (Wildman–Crippen LogP) is 2.09. The van der Waals surface area contributed by atoms with Crippen LogP contribution in [0.5, 0.6) is 0 Å². The zero-order valence-electron chi connectivity index (χ0n) is 7.09. The molecule has 4 nitrogen and oxygen atoms in total. The van der Waals surface area contributed by atoms with Gasteiger partial charge in [0.25, 0.3) is 0 Å². The van der Waals surface area contributed by atoms with E-state index in [4.69, 9.17) is 33.8 Å². The molecule has 0 saturated carbocycles. The minimum atomic E-state index is -0.712. The van der Waals surface area contributed by atoms with E-state index < -0.39 is 6.09 Å². The fourth-order valence-corrected chi connectivity index (χ4v) is 1.29. The maximum absolute atomic E-state index is 10.6. The SMILES string of the molecule is NNC(=O)OCc1ccc(Cl)cc1Cl. The van der Waals surface area contributed by atoms with Crippen LogP contribution in [0.25, 0.3) is 0 Å². The quantitative estimate of drug-likeness (QED) is 0.468. The Labute approximate surface area is 90.9 Å². The van der Waals surface area contributed by atoms with Crippen LogP contribution in [0.1, 0.15) is 5.56 Å². The lowest BCUT2D eigenvalue weighted by Gasteiger charge is -2.05. The Morgan fingerprint density at radius 3 is 2.79 bits per heavy atom. The maximum atomic E-state index is 10.6. The third-order valence-corrected chi connectivity index (χ3v) is 2.08. The molecule has 0 heterocycles. The summed E-state index contributed by atoms with van der Waals surface area (Å²) in [6.07, 6.45) is -0.712. The number of nitrogens with one attached hydrogen (secondary N) is 1. The smallest absolute Gasteiger partial charge is 0.421 e. The highest BCUT2D eigenvalue weighted by molar-refractivity contribution is 6.35. The summed E-state index contributed by atoms with van der Waals surface area (Å²) in [5.41, 5.74) is 2.50. The number of hydrazine groups is 1. The van der Waals surface area contributed by atoms with Gasteiger partial charge in [-0.1, -0.05) is 29.3 Å². The lowest BCUT2D eigenvalue weighted by Crippen LogP contribution is -2.30. The fraction of sp³-hybridized carbons (Fsp3) is 0.125. The van der Waals surface area contributed by atoms with Gasteiger partial charge in [0.15, 0.2) is 0 Å². The van der Waals surface area contributed by atoms with E-state index in [2.05, 4.69) is 0 Å². The minimum absolute atomic E-state index is 0.0546. The molecule has 0 saturated heterocycles. The van der Waals surface area contributed by atoms with Gasteiger partial charge in [0.2, 0.25) is 0 Å². The molecule has 0 aliphatic rings. The number of hydrogen-bond acceptors (Lipinski definition) is 3. The predicted molar refractivity (Wildman–Crippen MR) is 54.0 cm³/mol. The summed E-state index contributed by atoms with van der Waals surface area (Å²) in [4.78, 5) is 10.6. The molecule has 1 aromatic rings. The highest BCUT2D eigenvalue weighted by Gasteiger charge is 2.04. The molecular weight excluding hydrogens is 227 g/mol. The maximum Gasteiger partial charge on any atom is 0.421 e. The first kappa shape index (κ1) is 11.1. The molecule has 1 rings (SSSR count). The Balaban J connectivity index is 2.63. The molecule has 0 spiro atoms. The molecule has 0 radical (unpaired) electrons. The number of ether oxygens (including phenoxy) is 1. The first-order valence-electron chi connectivity index (χ1n) is 3.71. The molecule has 0 bridgehead atoms. The molecule has 6 heteroatoms. The van der Waals surface area contributed by atoms with E-state index in [0.29, 0.717) is 15.6 Å². The van der Waals surface area contributed by atoms with Gasteiger partial charge >= 0.3 is 6.09 Å². The van der Waals surface area contributed by atoms with E-state index in [0.717, 1.165) is 0 Å². The number of amides is 1. The molecule has 14 heavy (non-hydrogen) atoms. The second-order valence-electron chi connectivity index (χ2n) is 2.46. The lowest BCUT2D eigenvalue weighted by atomic mass is 10.2. The summed E-state index contributed by atoms with van der Waals surface area (Å²) in [5.74, 6) is 4.82. The Morgan fingerprint density at radius 2 is 2.21 bits per heavy atom. The van der Waals surface area contributed by atoms with Crippen LogP contribution in [0.15, 0.2) is 18.2 Å². The van der Waals surface area contributed by atoms with Crippen LogP contribution in [-0.2, 0) is 11.3 Å². The summed E-state index contributed by atoms with van der Waals surface area (Å²) in [7, 11) is 0. The number of benzene rings is 1. The van der Waals surface area contributed by atoms with Crippen LogP contribution < -0.4 is 11.3 Å². The van der Waals surface area contributed by atoms with Crippen LogP contribution >= 0.6 is 23.2 Å². The second-order valence-corrected chi connectivity index (χ2v) is 3.30. The Kier molecular flexibility index (Phi) is 4.00. The molecular formula is C8H8Cl2N2O2. The molecule has 76 valence electrons. The third kappa shape index (κ3) is 3.06. The molecule has 0 aromatic heterocycles. The van der Waals surface area contributed by atoms with Crippen molar-refractivity contribution < 1.29 is 9.53 Å². The van der Waals surface area contributed by atoms with Crippen molar-refractivity contribution in [1.29, 1.82) is 0 Å². The fourth-order valence-electron chi connectivity index (χ4n) is 0.824. The minimum Gasteiger partial charge on any atom is -0.444 e. The Hall–Kier alpha value is -0.970. The first-order valence-corrected chi connectivity index (χ1v) is 4.46. The summed E-state index contributed by atoms with van der Waals surface area (Å²) in [5, 5.41) is 0.976. The van der Waals surface area contributed by atoms with Crippen molar-refractivity contribution in [3.63, 3.8) is 0 Å². The average molecular weight is 235 g/mol. The molecule has 0 fully saturated rings. The van der Waals surface area contributed by atoms with Crippen LogP contribution in [0.4, 0.5) is 4.79 Å². The Morgan fingerprint density at radius 1 is 1.50 bits per heavy atom. The van der Waals surface area contributed by atoms with E-state index in [-0.39, 0.29) is 6.61 Å². The van der Waals surface area contributed by atoms with Crippen LogP contribution in [0.3, 0.4) is 0 Å². The van der Waals surface area contributed by atoms with Crippen LogP contribution in [0.2, 0.25) is 10.0 Å². The van der Waals surface area contributed by atoms with Gasteiger partial charge in [-0.2, -0.15) is 0 Å². The number of hydrogen-bond donors (Lipinski definition) is 2. The summed E-state index contributed by atoms with van der Waals surface area (Å²) < 4.78 is 4.70. The van der Waals surface area contributed by atoms with Gasteiger partial charge in [0.05, 0.1) is 0 Å². The highest BCUT2D eigenvalue weighted by atomic mass is 35.5. The van der Waals surface area contributed by atoms with Crippen LogP contribution in [0, 0.1) is 0 Å². The van der Waals surface area contributed by atoms with Crippen molar-refractivity contribution in [2.45, 2.75) is 6.61 Å². The van der Waals surface area contributed by atoms with Crippen molar-refractivity contribution in [2.24, 2.45) is 5.84 Å². The molecule has 3 N–H and O–H groups in total. The standard InChI is InChI=1S/C8H8Cl2N2O2/c9-6-2-1-5(7(10)3-6)4-14-8(13)12-11/h1-3H,4,11H2,(H,12,13). The van der Waals surface area contributed by atoms with Crippen molar-refractivity contribution in [3.8, 4) is 0 Å². The van der Waals surface area contributed by atoms with Gasteiger partial charge in [-0.3, -0.25) is 5.43 Å². The van der Waals surface area contributed by atoms with Gasteiger partial charge < -0.3 is 4.74 Å². The number of carbonyl (C=O) groups excluding carboxylic acids is 1. The Bertz CT molecular complexity index is 344. The zero-order chi connectivity index (χ0) is 10.6. The topological polar surface area (TPSA) is 64.3 Å². The van der Waals surface area contributed by atoms with E-state index in [1.165, 1.54) is 0 Å². The lowest BCUT2D eigenvalue weighted by molar-refractivity contribution is 0.140. The van der Waals surface area contributed by atoms with Crippen molar-refractivity contribution >= 4 is 29.3 Å². The van der Waals surface area contributed by atoms with Crippen molar-refractivity contribution in [3.05, 3.63) is 33.8 Å². The highest BCUT2D eigenvalue weighted by Crippen LogP contribution is 2.21. The van der Waals surface area contributed by atoms with E-state index in [9.17, 15) is 4.79 Å². The zero-order valence-corrected chi connectivity index (χ0v) is 8.60. The van der Waals surface area contributed by atoms with Gasteiger partial charge in [0.1, 0.15) is 6.61 Å². The van der Waals surface area contributed by atoms with E-state index in [1.807, 2.05) is 5.43 Å². The molecule has 1 aromatic carbocycles. The average Bonchev–Trinajstić information content (AvgIpc) is 2.16. The number of rotatable bonds is 2. The molecule has 0 atom stereocenters. The molecule has 0 aliphatic heterocycles. The molecule has 0 unspecified atom stereocenters. The molecule has 0 aliphatic carbocycles. The van der Waals surface area contributed by atoms with Crippen molar-refractivity contribution in [2.75, 3.05) is 0 Å². The van der Waals surface area contributed by atoms with E-state index >= 15 is 0 Å². The largest absolute Gasteiger partial charge is 0.444 e. The van der Waals surface area contributed by atoms with Gasteiger partial charge in [-0.25, -0.2) is 10.6 Å². The first-order chi connectivity index (χ1) is 6.63. The number of carbonyl (C=O) groups is 1. The molecule has 1 amide bonds. The summed E-state index contributed by atoms with van der Waals surface area (Å²) in [6, 6.07) is 4.91. The number of halogens is 2. The van der Waals surface area contributed by atoms with Gasteiger partial charge in [0, 0.05) is 15.6 Å². The monoisotopic (exact) mass is 234 g/mol. The van der Waals surface area contributed by atoms with Gasteiger partial charge in [-0.15, -0.1) is 0 Å². The number of nitrogens with two attached hydrogens (primary N) is 1. The summed E-state index contributed by atoms with van der Waals surface area (Å²) >= 11 is 11.5. The van der Waals surface area contributed by atoms with Crippen LogP contribution in [-0.4, -0.2) is 6.09 Å². The van der Waals surface area contributed by atoms with E-state index in [1.54, 1.807) is 18.2 Å². The summed E-state index contributed by atoms with van der Waals surface area (Å²) in [6.45, 7) is 0.0546. The second kappa shape index (κ2) is 5.05. The third-order valence-electron chi connectivity index (χ3n) is 1.49. The van der Waals surface area contributed by atoms with Crippen molar-refractivity contribution in [1.82, 2.24) is 5.43 Å². The normalized spacial score (nSPS) is 9.64. The van der Waals surface area contributed by atoms with Gasteiger partial charge in [-0.05, 0) is 12.1 Å².